The predicted molar refractivity (Wildman–Crippen MR) is 409 cm³/mol. The Morgan fingerprint density at radius 2 is 0.530 bits per heavy atom. The third-order valence-electron chi connectivity index (χ3n) is 16.9. The molecular weight excluding hydrogens is 1310 g/mol. The minimum Gasteiger partial charge on any atom is -0.462 e. The highest BCUT2D eigenvalue weighted by Gasteiger charge is 2.30. The second kappa shape index (κ2) is 73.5. The summed E-state index contributed by atoms with van der Waals surface area (Å²) in [5, 5.41) is 10.6. The molecular formula is C81H144O17P2. The van der Waals surface area contributed by atoms with E-state index in [9.17, 15) is 43.2 Å². The van der Waals surface area contributed by atoms with Gasteiger partial charge in [0.2, 0.25) is 0 Å². The standard InChI is InChI=1S/C81H144O17P2/c1-5-9-13-17-21-25-29-33-36-37-40-44-48-52-56-60-64-68-81(86)98-77(72-92-79(84)66-62-58-54-50-46-43-39-35-31-27-23-19-15-11-7-3)74-96-100(89,90)94-70-75(82)69-93-99(87,88)95-73-76(97-80(85)67-63-59-55-51-47-41-32-28-24-20-16-12-8-4)71-91-78(83)65-61-57-53-49-45-42-38-34-30-26-22-18-14-10-6-2/h21,25,27,31,33-36,38-40,44,52,56,75-77,82H,5-20,22-24,26,28-30,32,37,41-43,45-51,53-55,57-74H2,1-4H3,(H,87,88)(H,89,90)/b25-21-,31-27-,36-33-,38-34-,39-35-,44-40-,56-52-/t75-,76+,77+/m0/s1. The van der Waals surface area contributed by atoms with E-state index in [1.807, 2.05) is 12.2 Å². The second-order valence-electron chi connectivity index (χ2n) is 26.7. The zero-order chi connectivity index (χ0) is 73.2. The number of allylic oxidation sites excluding steroid dienone is 14. The molecule has 0 amide bonds. The molecule has 0 saturated carbocycles. The first-order valence-electron chi connectivity index (χ1n) is 39.8. The summed E-state index contributed by atoms with van der Waals surface area (Å²) in [6.45, 7) is 4.78. The van der Waals surface area contributed by atoms with Gasteiger partial charge in [-0.05, 0) is 116 Å². The van der Waals surface area contributed by atoms with Crippen molar-refractivity contribution in [3.63, 3.8) is 0 Å². The van der Waals surface area contributed by atoms with Gasteiger partial charge in [0.1, 0.15) is 19.3 Å². The molecule has 19 heteroatoms. The lowest BCUT2D eigenvalue weighted by Gasteiger charge is -2.21. The molecule has 3 N–H and O–H groups in total. The number of aliphatic hydroxyl groups is 1. The highest BCUT2D eigenvalue weighted by atomic mass is 31.2. The Hall–Kier alpha value is -3.76. The molecule has 0 radical (unpaired) electrons. The molecule has 0 rings (SSSR count). The first kappa shape index (κ1) is 96.2. The molecule has 0 aromatic carbocycles. The van der Waals surface area contributed by atoms with Crippen molar-refractivity contribution in [2.75, 3.05) is 39.6 Å². The Bertz CT molecular complexity index is 2230. The number of phosphoric ester groups is 2. The molecule has 0 aliphatic rings. The molecule has 0 aromatic rings. The van der Waals surface area contributed by atoms with Crippen molar-refractivity contribution in [1.82, 2.24) is 0 Å². The minimum atomic E-state index is -4.99. The summed E-state index contributed by atoms with van der Waals surface area (Å²) in [4.78, 5) is 72.9. The molecule has 0 aliphatic heterocycles. The van der Waals surface area contributed by atoms with E-state index < -0.39 is 97.5 Å². The lowest BCUT2D eigenvalue weighted by atomic mass is 10.0. The number of carbonyl (C=O) groups excluding carboxylic acids is 4. The molecule has 580 valence electrons. The molecule has 0 aromatic heterocycles. The highest BCUT2D eigenvalue weighted by Crippen LogP contribution is 2.45. The van der Waals surface area contributed by atoms with E-state index in [4.69, 9.17) is 37.0 Å². The Balaban J connectivity index is 5.40. The van der Waals surface area contributed by atoms with Crippen LogP contribution in [-0.2, 0) is 65.4 Å². The first-order valence-corrected chi connectivity index (χ1v) is 42.8. The van der Waals surface area contributed by atoms with Crippen molar-refractivity contribution >= 4 is 39.5 Å². The van der Waals surface area contributed by atoms with Crippen LogP contribution in [0.4, 0.5) is 0 Å². The average molecular weight is 1450 g/mol. The lowest BCUT2D eigenvalue weighted by molar-refractivity contribution is -0.161. The summed E-state index contributed by atoms with van der Waals surface area (Å²) >= 11 is 0. The van der Waals surface area contributed by atoms with Crippen molar-refractivity contribution in [2.45, 2.75) is 367 Å². The number of hydrogen-bond acceptors (Lipinski definition) is 15. The molecule has 100 heavy (non-hydrogen) atoms. The molecule has 17 nitrogen and oxygen atoms in total. The number of carbonyl (C=O) groups is 4. The van der Waals surface area contributed by atoms with E-state index in [1.54, 1.807) is 0 Å². The molecule has 0 heterocycles. The summed E-state index contributed by atoms with van der Waals surface area (Å²) < 4.78 is 68.5. The van der Waals surface area contributed by atoms with Crippen LogP contribution in [0.15, 0.2) is 85.1 Å². The maximum Gasteiger partial charge on any atom is 0.472 e. The zero-order valence-corrected chi connectivity index (χ0v) is 65.2. The normalized spacial score (nSPS) is 14.3. The number of unbranched alkanes of at least 4 members (excludes halogenated alkanes) is 36. The smallest absolute Gasteiger partial charge is 0.462 e. The summed E-state index contributed by atoms with van der Waals surface area (Å²) in [5.74, 6) is -2.24. The second-order valence-corrected chi connectivity index (χ2v) is 29.6. The fourth-order valence-electron chi connectivity index (χ4n) is 10.7. The molecule has 0 fully saturated rings. The van der Waals surface area contributed by atoms with Crippen LogP contribution in [0.3, 0.4) is 0 Å². The van der Waals surface area contributed by atoms with Gasteiger partial charge in [0.15, 0.2) is 12.2 Å². The average Bonchev–Trinajstić information content (AvgIpc) is 0.962. The van der Waals surface area contributed by atoms with Gasteiger partial charge in [0.05, 0.1) is 26.4 Å². The maximum atomic E-state index is 13.1. The van der Waals surface area contributed by atoms with Crippen molar-refractivity contribution in [3.8, 4) is 0 Å². The maximum absolute atomic E-state index is 13.1. The van der Waals surface area contributed by atoms with Gasteiger partial charge in [-0.2, -0.15) is 0 Å². The molecule has 2 unspecified atom stereocenters. The Kier molecular flexibility index (Phi) is 70.8. The summed E-state index contributed by atoms with van der Waals surface area (Å²) in [7, 11) is -9.97. The molecule has 0 saturated heterocycles. The van der Waals surface area contributed by atoms with Crippen molar-refractivity contribution in [1.29, 1.82) is 0 Å². The number of ether oxygens (including phenoxy) is 4. The number of esters is 4. The van der Waals surface area contributed by atoms with Crippen LogP contribution in [0.1, 0.15) is 349 Å². The first-order chi connectivity index (χ1) is 48.7. The molecule has 0 bridgehead atoms. The SMILES string of the molecule is CCCCC/C=C\C/C=C\C/C=C\C/C=C\CCCC(=O)O[C@H](COC(=O)CCCCCCC/C=C\C=C/CCCCCC)COP(=O)(O)OC[C@@H](O)COP(=O)(O)OC[C@@H](COC(=O)CCCCCCC/C=C\CCCCCCCC)OC(=O)CCCCCCCCCCCCCCC. The van der Waals surface area contributed by atoms with E-state index in [-0.39, 0.29) is 25.7 Å². The van der Waals surface area contributed by atoms with Gasteiger partial charge in [-0.3, -0.25) is 37.3 Å². The third kappa shape index (κ3) is 72.6. The van der Waals surface area contributed by atoms with Crippen LogP contribution in [0, 0.1) is 0 Å². The summed E-state index contributed by atoms with van der Waals surface area (Å²) in [6.07, 6.45) is 75.7. The van der Waals surface area contributed by atoms with Crippen LogP contribution in [0.25, 0.3) is 0 Å². The predicted octanol–water partition coefficient (Wildman–Crippen LogP) is 23.0. The number of rotatable bonds is 75. The zero-order valence-electron chi connectivity index (χ0n) is 63.4. The van der Waals surface area contributed by atoms with Crippen molar-refractivity contribution in [2.24, 2.45) is 0 Å². The van der Waals surface area contributed by atoms with Gasteiger partial charge in [0.25, 0.3) is 0 Å². The van der Waals surface area contributed by atoms with E-state index >= 15 is 0 Å². The fraction of sp³-hybridized carbons (Fsp3) is 0.778. The van der Waals surface area contributed by atoms with E-state index in [0.29, 0.717) is 32.1 Å². The highest BCUT2D eigenvalue weighted by molar-refractivity contribution is 7.47. The van der Waals surface area contributed by atoms with Crippen LogP contribution in [0.5, 0.6) is 0 Å². The van der Waals surface area contributed by atoms with Gasteiger partial charge in [-0.25, -0.2) is 9.13 Å². The molecule has 0 aliphatic carbocycles. The topological polar surface area (TPSA) is 237 Å². The Morgan fingerprint density at radius 3 is 0.890 bits per heavy atom. The van der Waals surface area contributed by atoms with Crippen LogP contribution in [0.2, 0.25) is 0 Å². The van der Waals surface area contributed by atoms with Crippen molar-refractivity contribution in [3.05, 3.63) is 85.1 Å². The van der Waals surface area contributed by atoms with Gasteiger partial charge in [-0.1, -0.05) is 293 Å². The van der Waals surface area contributed by atoms with Crippen LogP contribution in [-0.4, -0.2) is 96.7 Å². The van der Waals surface area contributed by atoms with Crippen LogP contribution >= 0.6 is 15.6 Å². The van der Waals surface area contributed by atoms with Crippen LogP contribution < -0.4 is 0 Å². The molecule has 5 atom stereocenters. The van der Waals surface area contributed by atoms with Gasteiger partial charge < -0.3 is 33.8 Å². The van der Waals surface area contributed by atoms with Crippen molar-refractivity contribution < 1.29 is 80.2 Å². The monoisotopic (exact) mass is 1450 g/mol. The summed E-state index contributed by atoms with van der Waals surface area (Å²) in [5.41, 5.74) is 0. The van der Waals surface area contributed by atoms with Gasteiger partial charge >= 0.3 is 39.5 Å². The Labute approximate surface area is 608 Å². The van der Waals surface area contributed by atoms with E-state index in [1.165, 1.54) is 135 Å². The Morgan fingerprint density at radius 1 is 0.290 bits per heavy atom. The van der Waals surface area contributed by atoms with E-state index in [2.05, 4.69) is 101 Å². The lowest BCUT2D eigenvalue weighted by Crippen LogP contribution is -2.30. The summed E-state index contributed by atoms with van der Waals surface area (Å²) in [6, 6.07) is 0. The third-order valence-corrected chi connectivity index (χ3v) is 18.8. The molecule has 0 spiro atoms. The minimum absolute atomic E-state index is 0.0169. The van der Waals surface area contributed by atoms with Gasteiger partial charge in [-0.15, -0.1) is 0 Å². The fourth-order valence-corrected chi connectivity index (χ4v) is 12.3. The number of phosphoric acid groups is 2. The number of aliphatic hydroxyl groups excluding tert-OH is 1. The quantitative estimate of drug-likeness (QED) is 0.0128. The van der Waals surface area contributed by atoms with E-state index in [0.717, 1.165) is 128 Å². The number of hydrogen-bond donors (Lipinski definition) is 3. The largest absolute Gasteiger partial charge is 0.472 e. The van der Waals surface area contributed by atoms with Gasteiger partial charge in [0, 0.05) is 25.7 Å².